The minimum atomic E-state index is -1.44. The molecule has 10 heteroatoms. The van der Waals surface area contributed by atoms with Crippen LogP contribution in [0.1, 0.15) is 47.7 Å². The second-order valence-corrected chi connectivity index (χ2v) is 8.93. The SMILES string of the molecule is CC(C)(O)C(=O)N1CCc2cnc(C(=O)Nc3cccc(-c4nnc5n4CCC5)n3)cc2C1. The molecule has 2 aliphatic rings. The van der Waals surface area contributed by atoms with Crippen LogP contribution in [-0.2, 0) is 30.7 Å². The van der Waals surface area contributed by atoms with E-state index in [0.29, 0.717) is 36.8 Å². The van der Waals surface area contributed by atoms with Crippen LogP contribution in [0.2, 0.25) is 0 Å². The predicted octanol–water partition coefficient (Wildman–Crippen LogP) is 1.59. The maximum atomic E-state index is 12.9. The largest absolute Gasteiger partial charge is 0.381 e. The molecule has 3 aromatic heterocycles. The van der Waals surface area contributed by atoms with Gasteiger partial charge in [0.2, 0.25) is 0 Å². The van der Waals surface area contributed by atoms with Gasteiger partial charge in [0.1, 0.15) is 28.6 Å². The first-order valence-electron chi connectivity index (χ1n) is 11.0. The number of amides is 2. The fourth-order valence-corrected chi connectivity index (χ4v) is 4.27. The summed E-state index contributed by atoms with van der Waals surface area (Å²) in [6.45, 7) is 4.65. The molecule has 0 saturated heterocycles. The average Bonchev–Trinajstić information content (AvgIpc) is 3.41. The van der Waals surface area contributed by atoms with Gasteiger partial charge in [-0.05, 0) is 56.0 Å². The molecule has 2 aliphatic heterocycles. The van der Waals surface area contributed by atoms with Crippen molar-refractivity contribution in [2.24, 2.45) is 0 Å². The molecule has 0 saturated carbocycles. The second-order valence-electron chi connectivity index (χ2n) is 8.93. The fourth-order valence-electron chi connectivity index (χ4n) is 4.27. The third kappa shape index (κ3) is 4.09. The van der Waals surface area contributed by atoms with Crippen LogP contribution in [0.4, 0.5) is 5.82 Å². The molecule has 33 heavy (non-hydrogen) atoms. The van der Waals surface area contributed by atoms with Crippen molar-refractivity contribution in [1.29, 1.82) is 0 Å². The van der Waals surface area contributed by atoms with E-state index < -0.39 is 5.60 Å². The number of nitrogens with zero attached hydrogens (tertiary/aromatic N) is 6. The van der Waals surface area contributed by atoms with E-state index in [1.807, 2.05) is 12.1 Å². The Morgan fingerprint density at radius 3 is 2.79 bits per heavy atom. The van der Waals surface area contributed by atoms with Crippen LogP contribution in [0.25, 0.3) is 11.5 Å². The molecule has 0 unspecified atom stereocenters. The van der Waals surface area contributed by atoms with Gasteiger partial charge in [0, 0.05) is 32.3 Å². The van der Waals surface area contributed by atoms with Crippen molar-refractivity contribution < 1.29 is 14.7 Å². The Morgan fingerprint density at radius 1 is 1.12 bits per heavy atom. The van der Waals surface area contributed by atoms with E-state index in [-0.39, 0.29) is 17.5 Å². The maximum absolute atomic E-state index is 12.9. The highest BCUT2D eigenvalue weighted by Gasteiger charge is 2.31. The first kappa shape index (κ1) is 21.2. The standard InChI is InChI=1S/C23H25N7O3/c1-23(2,33)22(32)29-10-8-14-12-24-17(11-15(14)13-29)21(31)26-18-6-3-5-16(25-18)20-28-27-19-7-4-9-30(19)20/h3,5-6,11-12,33H,4,7-10,13H2,1-2H3,(H,25,26,31). The van der Waals surface area contributed by atoms with Gasteiger partial charge in [0.05, 0.1) is 0 Å². The van der Waals surface area contributed by atoms with Crippen LogP contribution >= 0.6 is 0 Å². The molecule has 0 fully saturated rings. The van der Waals surface area contributed by atoms with Crippen LogP contribution in [0.5, 0.6) is 0 Å². The van der Waals surface area contributed by atoms with E-state index in [1.165, 1.54) is 13.8 Å². The Bertz CT molecular complexity index is 1250. The summed E-state index contributed by atoms with van der Waals surface area (Å²) < 4.78 is 2.06. The van der Waals surface area contributed by atoms with Gasteiger partial charge < -0.3 is 19.9 Å². The van der Waals surface area contributed by atoms with E-state index in [1.54, 1.807) is 23.2 Å². The van der Waals surface area contributed by atoms with Crippen molar-refractivity contribution in [2.75, 3.05) is 11.9 Å². The van der Waals surface area contributed by atoms with Crippen LogP contribution in [-0.4, -0.2) is 58.7 Å². The number of aliphatic hydroxyl groups is 1. The quantitative estimate of drug-likeness (QED) is 0.622. The number of hydrogen-bond donors (Lipinski definition) is 2. The molecule has 0 radical (unpaired) electrons. The summed E-state index contributed by atoms with van der Waals surface area (Å²) in [6.07, 6.45) is 4.25. The summed E-state index contributed by atoms with van der Waals surface area (Å²) in [6, 6.07) is 7.07. The number of fused-ring (bicyclic) bond motifs is 2. The maximum Gasteiger partial charge on any atom is 0.275 e. The third-order valence-electron chi connectivity index (χ3n) is 5.97. The number of nitrogens with one attached hydrogen (secondary N) is 1. The smallest absolute Gasteiger partial charge is 0.275 e. The molecule has 2 amide bonds. The van der Waals surface area contributed by atoms with Crippen molar-refractivity contribution >= 4 is 17.6 Å². The van der Waals surface area contributed by atoms with E-state index in [9.17, 15) is 14.7 Å². The van der Waals surface area contributed by atoms with Crippen molar-refractivity contribution in [3.05, 3.63) is 53.1 Å². The van der Waals surface area contributed by atoms with Crippen molar-refractivity contribution in [2.45, 2.75) is 51.8 Å². The minimum Gasteiger partial charge on any atom is -0.381 e. The minimum absolute atomic E-state index is 0.238. The number of hydrogen-bond acceptors (Lipinski definition) is 7. The fraction of sp³-hybridized carbons (Fsp3) is 0.391. The lowest BCUT2D eigenvalue weighted by molar-refractivity contribution is -0.148. The molecule has 3 aromatic rings. The highest BCUT2D eigenvalue weighted by Crippen LogP contribution is 2.24. The highest BCUT2D eigenvalue weighted by molar-refractivity contribution is 6.02. The Labute approximate surface area is 190 Å². The van der Waals surface area contributed by atoms with Crippen molar-refractivity contribution in [1.82, 2.24) is 29.6 Å². The third-order valence-corrected chi connectivity index (χ3v) is 5.97. The number of aryl methyl sites for hydroxylation is 1. The lowest BCUT2D eigenvalue weighted by atomic mass is 9.99. The zero-order chi connectivity index (χ0) is 23.2. The van der Waals surface area contributed by atoms with Gasteiger partial charge in [-0.15, -0.1) is 10.2 Å². The van der Waals surface area contributed by atoms with Gasteiger partial charge >= 0.3 is 0 Å². The van der Waals surface area contributed by atoms with Gasteiger partial charge in [-0.25, -0.2) is 4.98 Å². The number of aromatic nitrogens is 5. The number of carbonyl (C=O) groups excluding carboxylic acids is 2. The summed E-state index contributed by atoms with van der Waals surface area (Å²) >= 11 is 0. The molecule has 5 rings (SSSR count). The first-order valence-corrected chi connectivity index (χ1v) is 11.0. The molecular weight excluding hydrogens is 422 g/mol. The summed E-state index contributed by atoms with van der Waals surface area (Å²) in [5, 5.41) is 21.3. The molecule has 0 atom stereocenters. The number of carbonyl (C=O) groups is 2. The number of pyridine rings is 2. The summed E-state index contributed by atoms with van der Waals surface area (Å²) in [4.78, 5) is 35.8. The van der Waals surface area contributed by atoms with Crippen molar-refractivity contribution in [3.8, 4) is 11.5 Å². The van der Waals surface area contributed by atoms with Gasteiger partial charge in [-0.3, -0.25) is 14.6 Å². The van der Waals surface area contributed by atoms with Crippen LogP contribution in [0.3, 0.4) is 0 Å². The number of anilines is 1. The van der Waals surface area contributed by atoms with Gasteiger partial charge in [-0.1, -0.05) is 6.07 Å². The molecule has 0 spiro atoms. The van der Waals surface area contributed by atoms with Gasteiger partial charge in [-0.2, -0.15) is 0 Å². The first-order chi connectivity index (χ1) is 15.8. The normalized spacial score (nSPS) is 15.2. The van der Waals surface area contributed by atoms with E-state index in [2.05, 4.69) is 30.0 Å². The molecule has 5 heterocycles. The summed E-state index contributed by atoms with van der Waals surface area (Å²) in [7, 11) is 0. The summed E-state index contributed by atoms with van der Waals surface area (Å²) in [5.74, 6) is 1.32. The van der Waals surface area contributed by atoms with E-state index in [0.717, 1.165) is 36.3 Å². The topological polar surface area (TPSA) is 126 Å². The predicted molar refractivity (Wildman–Crippen MR) is 119 cm³/mol. The van der Waals surface area contributed by atoms with Gasteiger partial charge in [0.15, 0.2) is 5.82 Å². The second kappa shape index (κ2) is 8.04. The zero-order valence-corrected chi connectivity index (χ0v) is 18.6. The van der Waals surface area contributed by atoms with Gasteiger partial charge in [0.25, 0.3) is 11.8 Å². The van der Waals surface area contributed by atoms with E-state index >= 15 is 0 Å². The molecular formula is C23H25N7O3. The highest BCUT2D eigenvalue weighted by atomic mass is 16.3. The van der Waals surface area contributed by atoms with E-state index in [4.69, 9.17) is 0 Å². The van der Waals surface area contributed by atoms with Crippen LogP contribution in [0, 0.1) is 0 Å². The number of rotatable bonds is 4. The van der Waals surface area contributed by atoms with Crippen LogP contribution in [0.15, 0.2) is 30.5 Å². The average molecular weight is 447 g/mol. The monoisotopic (exact) mass is 447 g/mol. The molecule has 0 bridgehead atoms. The molecule has 0 aromatic carbocycles. The molecule has 170 valence electrons. The molecule has 10 nitrogen and oxygen atoms in total. The Balaban J connectivity index is 1.34. The summed E-state index contributed by atoms with van der Waals surface area (Å²) in [5.41, 5.74) is 1.28. The zero-order valence-electron chi connectivity index (χ0n) is 18.6. The Morgan fingerprint density at radius 2 is 1.97 bits per heavy atom. The Hall–Kier alpha value is -3.66. The lowest BCUT2D eigenvalue weighted by Crippen LogP contribution is -2.47. The van der Waals surface area contributed by atoms with Crippen LogP contribution < -0.4 is 5.32 Å². The molecule has 0 aliphatic carbocycles. The van der Waals surface area contributed by atoms with Crippen molar-refractivity contribution in [3.63, 3.8) is 0 Å². The molecule has 2 N–H and O–H groups in total. The Kier molecular flexibility index (Phi) is 5.16. The lowest BCUT2D eigenvalue weighted by Gasteiger charge is -2.32.